The summed E-state index contributed by atoms with van der Waals surface area (Å²) in [6.45, 7) is 8.55. The van der Waals surface area contributed by atoms with E-state index >= 15 is 0 Å². The molecule has 18 heavy (non-hydrogen) atoms. The second-order valence-electron chi connectivity index (χ2n) is 6.51. The average molecular weight is 252 g/mol. The minimum Gasteiger partial charge on any atom is -0.315 e. The van der Waals surface area contributed by atoms with Crippen molar-refractivity contribution in [2.24, 2.45) is 5.92 Å². The molecular formula is C16H32N2. The SMILES string of the molecule is CCCN(C1CCCC(C)CC1)C1CCCNC1. The third-order valence-corrected chi connectivity index (χ3v) is 4.92. The van der Waals surface area contributed by atoms with Crippen LogP contribution in [-0.2, 0) is 0 Å². The minimum absolute atomic E-state index is 0.817. The molecule has 0 radical (unpaired) electrons. The van der Waals surface area contributed by atoms with Crippen molar-refractivity contribution >= 4 is 0 Å². The fraction of sp³-hybridized carbons (Fsp3) is 1.00. The molecule has 2 heteroatoms. The van der Waals surface area contributed by atoms with E-state index in [2.05, 4.69) is 24.1 Å². The van der Waals surface area contributed by atoms with Crippen LogP contribution in [0.3, 0.4) is 0 Å². The van der Waals surface area contributed by atoms with Gasteiger partial charge in [-0.3, -0.25) is 4.90 Å². The molecule has 1 heterocycles. The van der Waals surface area contributed by atoms with Crippen molar-refractivity contribution in [1.82, 2.24) is 10.2 Å². The second-order valence-corrected chi connectivity index (χ2v) is 6.51. The van der Waals surface area contributed by atoms with Crippen molar-refractivity contribution in [1.29, 1.82) is 0 Å². The van der Waals surface area contributed by atoms with Crippen LogP contribution in [0.1, 0.15) is 65.2 Å². The lowest BCUT2D eigenvalue weighted by Gasteiger charge is -2.40. The summed E-state index contributed by atoms with van der Waals surface area (Å²) in [5.74, 6) is 0.961. The zero-order chi connectivity index (χ0) is 12.8. The fourth-order valence-electron chi connectivity index (χ4n) is 3.84. The van der Waals surface area contributed by atoms with Crippen molar-refractivity contribution in [2.75, 3.05) is 19.6 Å². The Labute approximate surface area is 114 Å². The Morgan fingerprint density at radius 3 is 2.56 bits per heavy atom. The van der Waals surface area contributed by atoms with Gasteiger partial charge in [0.1, 0.15) is 0 Å². The van der Waals surface area contributed by atoms with Crippen LogP contribution in [0.2, 0.25) is 0 Å². The van der Waals surface area contributed by atoms with Crippen LogP contribution >= 0.6 is 0 Å². The van der Waals surface area contributed by atoms with Gasteiger partial charge in [0, 0.05) is 18.6 Å². The molecule has 2 rings (SSSR count). The number of hydrogen-bond acceptors (Lipinski definition) is 2. The van der Waals surface area contributed by atoms with E-state index in [1.54, 1.807) is 0 Å². The van der Waals surface area contributed by atoms with E-state index in [0.717, 1.165) is 18.0 Å². The summed E-state index contributed by atoms with van der Waals surface area (Å²) in [6, 6.07) is 1.69. The van der Waals surface area contributed by atoms with E-state index < -0.39 is 0 Å². The van der Waals surface area contributed by atoms with Gasteiger partial charge in [-0.15, -0.1) is 0 Å². The lowest BCUT2D eigenvalue weighted by atomic mass is 9.99. The molecule has 2 aliphatic rings. The van der Waals surface area contributed by atoms with E-state index in [0.29, 0.717) is 0 Å². The van der Waals surface area contributed by atoms with E-state index in [4.69, 9.17) is 0 Å². The molecule has 1 aliphatic carbocycles. The van der Waals surface area contributed by atoms with Crippen molar-refractivity contribution in [3.05, 3.63) is 0 Å². The fourth-order valence-corrected chi connectivity index (χ4v) is 3.84. The van der Waals surface area contributed by atoms with Crippen molar-refractivity contribution in [3.63, 3.8) is 0 Å². The van der Waals surface area contributed by atoms with Gasteiger partial charge in [-0.25, -0.2) is 0 Å². The quantitative estimate of drug-likeness (QED) is 0.771. The summed E-state index contributed by atoms with van der Waals surface area (Å²) in [7, 11) is 0. The predicted octanol–water partition coefficient (Wildman–Crippen LogP) is 3.42. The van der Waals surface area contributed by atoms with Gasteiger partial charge in [-0.2, -0.15) is 0 Å². The summed E-state index contributed by atoms with van der Waals surface area (Å²) >= 11 is 0. The first-order valence-electron chi connectivity index (χ1n) is 8.27. The number of hydrogen-bond donors (Lipinski definition) is 1. The molecule has 1 saturated heterocycles. The molecule has 2 nitrogen and oxygen atoms in total. The molecule has 1 saturated carbocycles. The molecule has 0 bridgehead atoms. The molecule has 3 atom stereocenters. The molecule has 2 fully saturated rings. The summed E-state index contributed by atoms with van der Waals surface area (Å²) in [5.41, 5.74) is 0. The zero-order valence-corrected chi connectivity index (χ0v) is 12.5. The van der Waals surface area contributed by atoms with Gasteiger partial charge >= 0.3 is 0 Å². The third-order valence-electron chi connectivity index (χ3n) is 4.92. The lowest BCUT2D eigenvalue weighted by molar-refractivity contribution is 0.101. The Hall–Kier alpha value is -0.0800. The zero-order valence-electron chi connectivity index (χ0n) is 12.5. The molecule has 0 spiro atoms. The first kappa shape index (κ1) is 14.3. The Kier molecular flexibility index (Phi) is 5.97. The molecular weight excluding hydrogens is 220 g/mol. The molecule has 0 aromatic carbocycles. The van der Waals surface area contributed by atoms with Crippen LogP contribution in [0.5, 0.6) is 0 Å². The summed E-state index contributed by atoms with van der Waals surface area (Å²) in [4.78, 5) is 2.87. The molecule has 3 unspecified atom stereocenters. The largest absolute Gasteiger partial charge is 0.315 e. The average Bonchev–Trinajstić information content (AvgIpc) is 2.62. The third kappa shape index (κ3) is 3.96. The highest BCUT2D eigenvalue weighted by molar-refractivity contribution is 4.85. The molecule has 0 amide bonds. The van der Waals surface area contributed by atoms with Gasteiger partial charge in [-0.05, 0) is 57.5 Å². The van der Waals surface area contributed by atoms with E-state index in [9.17, 15) is 0 Å². The standard InChI is InChI=1S/C16H32N2/c1-3-12-18(16-8-5-11-17-13-16)15-7-4-6-14(2)9-10-15/h14-17H,3-13H2,1-2H3. The van der Waals surface area contributed by atoms with Gasteiger partial charge in [0.25, 0.3) is 0 Å². The van der Waals surface area contributed by atoms with Crippen LogP contribution in [-0.4, -0.2) is 36.6 Å². The van der Waals surface area contributed by atoms with Gasteiger partial charge in [0.15, 0.2) is 0 Å². The van der Waals surface area contributed by atoms with Gasteiger partial charge in [-0.1, -0.05) is 26.7 Å². The first-order chi connectivity index (χ1) is 8.81. The maximum absolute atomic E-state index is 3.60. The normalized spacial score (nSPS) is 34.5. The maximum Gasteiger partial charge on any atom is 0.0224 e. The molecule has 1 N–H and O–H groups in total. The van der Waals surface area contributed by atoms with Crippen LogP contribution in [0.25, 0.3) is 0 Å². The van der Waals surface area contributed by atoms with Gasteiger partial charge in [0.05, 0.1) is 0 Å². The van der Waals surface area contributed by atoms with E-state index in [-0.39, 0.29) is 0 Å². The summed E-state index contributed by atoms with van der Waals surface area (Å²) in [6.07, 6.45) is 11.3. The Morgan fingerprint density at radius 2 is 1.83 bits per heavy atom. The highest BCUT2D eigenvalue weighted by Gasteiger charge is 2.28. The van der Waals surface area contributed by atoms with E-state index in [1.807, 2.05) is 0 Å². The highest BCUT2D eigenvalue weighted by Crippen LogP contribution is 2.28. The second kappa shape index (κ2) is 7.49. The predicted molar refractivity (Wildman–Crippen MR) is 78.9 cm³/mol. The molecule has 1 aliphatic heterocycles. The van der Waals surface area contributed by atoms with Crippen LogP contribution < -0.4 is 5.32 Å². The Morgan fingerprint density at radius 1 is 1.00 bits per heavy atom. The van der Waals surface area contributed by atoms with Crippen molar-refractivity contribution < 1.29 is 0 Å². The number of rotatable bonds is 4. The van der Waals surface area contributed by atoms with Gasteiger partial charge in [0.2, 0.25) is 0 Å². The number of piperidine rings is 1. The maximum atomic E-state index is 3.60. The molecule has 0 aromatic rings. The Balaban J connectivity index is 1.94. The monoisotopic (exact) mass is 252 g/mol. The van der Waals surface area contributed by atoms with Crippen molar-refractivity contribution in [2.45, 2.75) is 77.3 Å². The summed E-state index contributed by atoms with van der Waals surface area (Å²) in [5, 5.41) is 3.60. The highest BCUT2D eigenvalue weighted by atomic mass is 15.2. The lowest BCUT2D eigenvalue weighted by Crippen LogP contribution is -2.50. The topological polar surface area (TPSA) is 15.3 Å². The van der Waals surface area contributed by atoms with Crippen molar-refractivity contribution in [3.8, 4) is 0 Å². The summed E-state index contributed by atoms with van der Waals surface area (Å²) < 4.78 is 0. The number of nitrogens with zero attached hydrogens (tertiary/aromatic N) is 1. The smallest absolute Gasteiger partial charge is 0.0224 e. The Bertz CT molecular complexity index is 223. The van der Waals surface area contributed by atoms with Crippen LogP contribution in [0.4, 0.5) is 0 Å². The number of nitrogens with one attached hydrogen (secondary N) is 1. The van der Waals surface area contributed by atoms with Crippen LogP contribution in [0.15, 0.2) is 0 Å². The van der Waals surface area contributed by atoms with Gasteiger partial charge < -0.3 is 5.32 Å². The first-order valence-corrected chi connectivity index (χ1v) is 8.27. The molecule has 0 aromatic heterocycles. The molecule has 106 valence electrons. The van der Waals surface area contributed by atoms with E-state index in [1.165, 1.54) is 71.0 Å². The minimum atomic E-state index is 0.817. The van der Waals surface area contributed by atoms with Crippen LogP contribution in [0, 0.1) is 5.92 Å².